The van der Waals surface area contributed by atoms with Crippen molar-refractivity contribution in [2.45, 2.75) is 26.3 Å². The molecule has 94 valence electrons. The van der Waals surface area contributed by atoms with Crippen molar-refractivity contribution in [3.05, 3.63) is 34.2 Å². The molecule has 0 aliphatic heterocycles. The fourth-order valence-electron chi connectivity index (χ4n) is 1.57. The topological polar surface area (TPSA) is 82.2 Å². The van der Waals surface area contributed by atoms with Crippen LogP contribution in [0.15, 0.2) is 23.1 Å². The van der Waals surface area contributed by atoms with Crippen LogP contribution in [0.2, 0.25) is 0 Å². The van der Waals surface area contributed by atoms with Crippen molar-refractivity contribution in [3.63, 3.8) is 0 Å². The molecule has 1 aromatic heterocycles. The van der Waals surface area contributed by atoms with Gasteiger partial charge in [0.1, 0.15) is 0 Å². The van der Waals surface area contributed by atoms with Gasteiger partial charge >= 0.3 is 0 Å². The zero-order chi connectivity index (χ0) is 12.8. The van der Waals surface area contributed by atoms with E-state index in [4.69, 9.17) is 5.11 Å². The second-order valence-electron chi connectivity index (χ2n) is 4.42. The third kappa shape index (κ3) is 4.40. The summed E-state index contributed by atoms with van der Waals surface area (Å²) in [5.41, 5.74) is 0.134. The lowest BCUT2D eigenvalue weighted by molar-refractivity contribution is 0.0908. The summed E-state index contributed by atoms with van der Waals surface area (Å²) in [6.07, 6.45) is 2.08. The van der Waals surface area contributed by atoms with Crippen LogP contribution >= 0.6 is 0 Å². The van der Waals surface area contributed by atoms with Gasteiger partial charge in [0, 0.05) is 12.3 Å². The Labute approximate surface area is 99.9 Å². The predicted octanol–water partition coefficient (Wildman–Crippen LogP) is 0.512. The number of aromatic nitrogens is 1. The van der Waals surface area contributed by atoms with Crippen LogP contribution in [0.1, 0.15) is 30.6 Å². The van der Waals surface area contributed by atoms with Gasteiger partial charge in [0.25, 0.3) is 5.91 Å². The first kappa shape index (κ1) is 13.4. The smallest absolute Gasteiger partial charge is 0.253 e. The third-order valence-corrected chi connectivity index (χ3v) is 2.36. The molecule has 0 saturated heterocycles. The number of hydrogen-bond donors (Lipinski definition) is 3. The van der Waals surface area contributed by atoms with Gasteiger partial charge in [-0.1, -0.05) is 13.8 Å². The van der Waals surface area contributed by atoms with E-state index >= 15 is 0 Å². The maximum absolute atomic E-state index is 11.8. The molecule has 1 rings (SSSR count). The number of carbonyl (C=O) groups is 1. The highest BCUT2D eigenvalue weighted by Crippen LogP contribution is 2.05. The monoisotopic (exact) mass is 238 g/mol. The molecule has 0 bridgehead atoms. The molecule has 0 fully saturated rings. The van der Waals surface area contributed by atoms with E-state index in [0.29, 0.717) is 17.9 Å². The molecule has 3 N–H and O–H groups in total. The minimum Gasteiger partial charge on any atom is -0.394 e. The van der Waals surface area contributed by atoms with Crippen LogP contribution in [0.3, 0.4) is 0 Å². The largest absolute Gasteiger partial charge is 0.394 e. The van der Waals surface area contributed by atoms with Crippen LogP contribution in [0.25, 0.3) is 0 Å². The number of nitrogens with one attached hydrogen (secondary N) is 2. The number of amides is 1. The standard InChI is InChI=1S/C12H18N2O3/c1-8(2)5-10(7-15)14-12(17)9-3-4-11(16)13-6-9/h3-4,6,8,10,15H,5,7H2,1-2H3,(H,13,16)(H,14,17). The van der Waals surface area contributed by atoms with Gasteiger partial charge in [-0.3, -0.25) is 9.59 Å². The normalized spacial score (nSPS) is 12.5. The average Bonchev–Trinajstić information content (AvgIpc) is 2.28. The van der Waals surface area contributed by atoms with Gasteiger partial charge in [0.05, 0.1) is 18.2 Å². The fourth-order valence-corrected chi connectivity index (χ4v) is 1.57. The number of pyridine rings is 1. The molecule has 0 aliphatic rings. The molecule has 5 nitrogen and oxygen atoms in total. The van der Waals surface area contributed by atoms with E-state index < -0.39 is 0 Å². The summed E-state index contributed by atoms with van der Waals surface area (Å²) in [6.45, 7) is 3.96. The Kier molecular flexibility index (Phi) is 4.90. The second-order valence-corrected chi connectivity index (χ2v) is 4.42. The van der Waals surface area contributed by atoms with E-state index in [9.17, 15) is 9.59 Å². The van der Waals surface area contributed by atoms with Gasteiger partial charge in [-0.05, 0) is 18.4 Å². The summed E-state index contributed by atoms with van der Waals surface area (Å²) in [6, 6.07) is 2.50. The number of hydrogen-bond acceptors (Lipinski definition) is 3. The third-order valence-electron chi connectivity index (χ3n) is 2.36. The highest BCUT2D eigenvalue weighted by Gasteiger charge is 2.14. The van der Waals surface area contributed by atoms with Crippen LogP contribution in [0.4, 0.5) is 0 Å². The summed E-state index contributed by atoms with van der Waals surface area (Å²) in [5.74, 6) is 0.101. The van der Waals surface area contributed by atoms with Crippen molar-refractivity contribution in [1.82, 2.24) is 10.3 Å². The summed E-state index contributed by atoms with van der Waals surface area (Å²) in [7, 11) is 0. The highest BCUT2D eigenvalue weighted by molar-refractivity contribution is 5.93. The molecular weight excluding hydrogens is 220 g/mol. The van der Waals surface area contributed by atoms with E-state index in [-0.39, 0.29) is 24.1 Å². The Morgan fingerprint density at radius 3 is 2.65 bits per heavy atom. The first-order valence-corrected chi connectivity index (χ1v) is 5.63. The second kappa shape index (κ2) is 6.20. The summed E-state index contributed by atoms with van der Waals surface area (Å²) in [5, 5.41) is 11.9. The first-order valence-electron chi connectivity index (χ1n) is 5.63. The molecular formula is C12H18N2O3. The van der Waals surface area contributed by atoms with Crippen LogP contribution in [-0.2, 0) is 0 Å². The van der Waals surface area contributed by atoms with E-state index in [2.05, 4.69) is 10.3 Å². The first-order chi connectivity index (χ1) is 8.02. The van der Waals surface area contributed by atoms with Crippen molar-refractivity contribution < 1.29 is 9.90 Å². The van der Waals surface area contributed by atoms with E-state index in [1.807, 2.05) is 13.8 Å². The Bertz CT molecular complexity index is 406. The molecule has 1 heterocycles. The molecule has 0 aromatic carbocycles. The van der Waals surface area contributed by atoms with Crippen LogP contribution < -0.4 is 10.9 Å². The van der Waals surface area contributed by atoms with E-state index in [1.165, 1.54) is 18.3 Å². The van der Waals surface area contributed by atoms with E-state index in [1.54, 1.807) is 0 Å². The minimum atomic E-state index is -0.291. The van der Waals surface area contributed by atoms with Crippen molar-refractivity contribution in [3.8, 4) is 0 Å². The van der Waals surface area contributed by atoms with E-state index in [0.717, 1.165) is 0 Å². The molecule has 0 radical (unpaired) electrons. The molecule has 1 amide bonds. The van der Waals surface area contributed by atoms with Crippen LogP contribution in [0.5, 0.6) is 0 Å². The number of aliphatic hydroxyl groups is 1. The molecule has 0 aliphatic carbocycles. The van der Waals surface area contributed by atoms with Crippen molar-refractivity contribution in [2.24, 2.45) is 5.92 Å². The average molecular weight is 238 g/mol. The van der Waals surface area contributed by atoms with Crippen LogP contribution in [-0.4, -0.2) is 28.6 Å². The van der Waals surface area contributed by atoms with Gasteiger partial charge < -0.3 is 15.4 Å². The summed E-state index contributed by atoms with van der Waals surface area (Å²) < 4.78 is 0. The molecule has 1 unspecified atom stereocenters. The lowest BCUT2D eigenvalue weighted by Gasteiger charge is -2.18. The number of carbonyl (C=O) groups excluding carboxylic acids is 1. The number of aromatic amines is 1. The zero-order valence-corrected chi connectivity index (χ0v) is 10.1. The fraction of sp³-hybridized carbons (Fsp3) is 0.500. The number of H-pyrrole nitrogens is 1. The minimum absolute atomic E-state index is 0.0900. The molecule has 1 aromatic rings. The summed E-state index contributed by atoms with van der Waals surface area (Å²) in [4.78, 5) is 25.0. The molecule has 1 atom stereocenters. The maximum Gasteiger partial charge on any atom is 0.253 e. The van der Waals surface area contributed by atoms with Crippen molar-refractivity contribution >= 4 is 5.91 Å². The Hall–Kier alpha value is -1.62. The Morgan fingerprint density at radius 1 is 1.47 bits per heavy atom. The quantitative estimate of drug-likeness (QED) is 0.699. The lowest BCUT2D eigenvalue weighted by Crippen LogP contribution is -2.38. The Balaban J connectivity index is 2.64. The lowest BCUT2D eigenvalue weighted by atomic mass is 10.0. The van der Waals surface area contributed by atoms with Crippen molar-refractivity contribution in [2.75, 3.05) is 6.61 Å². The molecule has 0 spiro atoms. The van der Waals surface area contributed by atoms with Crippen LogP contribution in [0, 0.1) is 5.92 Å². The maximum atomic E-state index is 11.8. The molecule has 0 saturated carbocycles. The van der Waals surface area contributed by atoms with Gasteiger partial charge in [-0.25, -0.2) is 0 Å². The zero-order valence-electron chi connectivity index (χ0n) is 10.1. The highest BCUT2D eigenvalue weighted by atomic mass is 16.3. The van der Waals surface area contributed by atoms with Gasteiger partial charge in [-0.2, -0.15) is 0 Å². The SMILES string of the molecule is CC(C)CC(CO)NC(=O)c1ccc(=O)[nH]c1. The Morgan fingerprint density at radius 2 is 2.18 bits per heavy atom. The van der Waals surface area contributed by atoms with Gasteiger partial charge in [-0.15, -0.1) is 0 Å². The predicted molar refractivity (Wildman–Crippen MR) is 64.9 cm³/mol. The molecule has 5 heteroatoms. The van der Waals surface area contributed by atoms with Gasteiger partial charge in [0.2, 0.25) is 5.56 Å². The summed E-state index contributed by atoms with van der Waals surface area (Å²) >= 11 is 0. The van der Waals surface area contributed by atoms with Crippen molar-refractivity contribution in [1.29, 1.82) is 0 Å². The molecule has 17 heavy (non-hydrogen) atoms. The van der Waals surface area contributed by atoms with Gasteiger partial charge in [0.15, 0.2) is 0 Å². The number of rotatable bonds is 5. The number of aliphatic hydroxyl groups excluding tert-OH is 1.